The summed E-state index contributed by atoms with van der Waals surface area (Å²) in [5.74, 6) is -0.0903. The summed E-state index contributed by atoms with van der Waals surface area (Å²) in [6.45, 7) is 3.78. The van der Waals surface area contributed by atoms with Crippen LogP contribution in [-0.4, -0.2) is 29.3 Å². The first-order valence-electron chi connectivity index (χ1n) is 7.58. The van der Waals surface area contributed by atoms with E-state index in [9.17, 15) is 18.5 Å². The Morgan fingerprint density at radius 3 is 2.40 bits per heavy atom. The van der Waals surface area contributed by atoms with Crippen molar-refractivity contribution in [3.05, 3.63) is 51.9 Å². The number of rotatable bonds is 3. The van der Waals surface area contributed by atoms with Crippen molar-refractivity contribution in [2.24, 2.45) is 0 Å². The van der Waals surface area contributed by atoms with Gasteiger partial charge in [0, 0.05) is 11.8 Å². The molecule has 0 atom stereocenters. The largest absolute Gasteiger partial charge is 0.338 e. The molecule has 8 heteroatoms. The fourth-order valence-corrected chi connectivity index (χ4v) is 3.37. The fourth-order valence-electron chi connectivity index (χ4n) is 2.74. The van der Waals surface area contributed by atoms with E-state index in [0.717, 1.165) is 6.26 Å². The quantitative estimate of drug-likeness (QED) is 0.773. The van der Waals surface area contributed by atoms with E-state index in [-0.39, 0.29) is 21.9 Å². The molecule has 0 aliphatic rings. The number of hydrogen-bond acceptors (Lipinski definition) is 5. The second kappa shape index (κ2) is 5.86. The molecule has 2 heterocycles. The van der Waals surface area contributed by atoms with Crippen LogP contribution in [0.25, 0.3) is 16.9 Å². The van der Waals surface area contributed by atoms with Gasteiger partial charge in [0.1, 0.15) is 11.6 Å². The van der Waals surface area contributed by atoms with E-state index in [1.54, 1.807) is 12.1 Å². The number of H-pyrrole nitrogens is 1. The van der Waals surface area contributed by atoms with Crippen LogP contribution in [0.1, 0.15) is 30.9 Å². The third-order valence-electron chi connectivity index (χ3n) is 3.97. The lowest BCUT2D eigenvalue weighted by atomic mass is 9.98. The zero-order valence-electron chi connectivity index (χ0n) is 13.9. The number of aromatic nitrogens is 3. The van der Waals surface area contributed by atoms with E-state index < -0.39 is 9.84 Å². The maximum absolute atomic E-state index is 12.8. The van der Waals surface area contributed by atoms with Gasteiger partial charge in [-0.3, -0.25) is 4.79 Å². The molecule has 3 rings (SSSR count). The predicted molar refractivity (Wildman–Crippen MR) is 93.2 cm³/mol. The number of nitrogens with one attached hydrogen (secondary N) is 1. The second-order valence-corrected chi connectivity index (χ2v) is 8.12. The molecule has 0 saturated heterocycles. The second-order valence-electron chi connectivity index (χ2n) is 6.10. The summed E-state index contributed by atoms with van der Waals surface area (Å²) in [5, 5.41) is 13.2. The van der Waals surface area contributed by atoms with E-state index >= 15 is 0 Å². The van der Waals surface area contributed by atoms with Crippen LogP contribution in [0.15, 0.2) is 40.2 Å². The molecule has 2 aromatic heterocycles. The smallest absolute Gasteiger partial charge is 0.278 e. The van der Waals surface area contributed by atoms with E-state index in [4.69, 9.17) is 0 Å². The Bertz CT molecular complexity index is 1160. The van der Waals surface area contributed by atoms with Crippen molar-refractivity contribution >= 4 is 15.5 Å². The molecule has 0 aliphatic heterocycles. The highest BCUT2D eigenvalue weighted by Gasteiger charge is 2.19. The average Bonchev–Trinajstić information content (AvgIpc) is 2.97. The van der Waals surface area contributed by atoms with Gasteiger partial charge in [0.25, 0.3) is 5.56 Å². The van der Waals surface area contributed by atoms with Gasteiger partial charge in [-0.1, -0.05) is 26.0 Å². The lowest BCUT2D eigenvalue weighted by molar-refractivity contribution is 0.602. The normalized spacial score (nSPS) is 11.8. The van der Waals surface area contributed by atoms with Gasteiger partial charge < -0.3 is 4.98 Å². The molecule has 0 radical (unpaired) electrons. The summed E-state index contributed by atoms with van der Waals surface area (Å²) in [6, 6.07) is 8.29. The first-order valence-corrected chi connectivity index (χ1v) is 9.47. The molecule has 0 saturated carbocycles. The van der Waals surface area contributed by atoms with Gasteiger partial charge in [-0.15, -0.1) is 0 Å². The Balaban J connectivity index is 2.33. The number of sulfone groups is 1. The number of aromatic amines is 1. The molecule has 0 unspecified atom stereocenters. The van der Waals surface area contributed by atoms with Crippen LogP contribution < -0.4 is 5.56 Å². The molecule has 0 bridgehead atoms. The molecule has 1 N–H and O–H groups in total. The van der Waals surface area contributed by atoms with Crippen LogP contribution in [0.5, 0.6) is 0 Å². The molecule has 128 valence electrons. The fraction of sp³-hybridized carbons (Fsp3) is 0.235. The minimum atomic E-state index is -3.30. The van der Waals surface area contributed by atoms with Gasteiger partial charge in [0.15, 0.2) is 15.5 Å². The number of hydrogen-bond donors (Lipinski definition) is 1. The highest BCUT2D eigenvalue weighted by molar-refractivity contribution is 7.90. The van der Waals surface area contributed by atoms with Crippen LogP contribution in [0.2, 0.25) is 0 Å². The number of nitrogens with zero attached hydrogens (tertiary/aromatic N) is 3. The van der Waals surface area contributed by atoms with Gasteiger partial charge in [-0.2, -0.15) is 14.9 Å². The van der Waals surface area contributed by atoms with Crippen LogP contribution in [0, 0.1) is 11.3 Å². The van der Waals surface area contributed by atoms with Crippen LogP contribution in [-0.2, 0) is 9.84 Å². The standard InChI is InChI=1S/C17H16N4O3S/c1-10(2)14-15(11-4-6-13(7-5-11)25(3,23)24)20-16-12(8-18)9-19-21(16)17(14)22/h4-7,9-10,20H,1-3H3. The molecule has 1 aromatic carbocycles. The molecule has 0 amide bonds. The SMILES string of the molecule is CC(C)c1c(-c2ccc(S(C)(=O)=O)cc2)[nH]c2c(C#N)cnn2c1=O. The first-order chi connectivity index (χ1) is 11.7. The summed E-state index contributed by atoms with van der Waals surface area (Å²) < 4.78 is 24.4. The predicted octanol–water partition coefficient (Wildman–Crippen LogP) is 2.09. The highest BCUT2D eigenvalue weighted by Crippen LogP contribution is 2.27. The van der Waals surface area contributed by atoms with Crippen molar-refractivity contribution in [1.82, 2.24) is 14.6 Å². The molecule has 0 fully saturated rings. The average molecular weight is 356 g/mol. The number of fused-ring (bicyclic) bond motifs is 1. The highest BCUT2D eigenvalue weighted by atomic mass is 32.2. The summed E-state index contributed by atoms with van der Waals surface area (Å²) in [6.07, 6.45) is 2.48. The first kappa shape index (κ1) is 16.9. The monoisotopic (exact) mass is 356 g/mol. The Morgan fingerprint density at radius 2 is 1.88 bits per heavy atom. The maximum atomic E-state index is 12.8. The Kier molecular flexibility index (Phi) is 3.97. The van der Waals surface area contributed by atoms with Gasteiger partial charge in [0.2, 0.25) is 0 Å². The third-order valence-corrected chi connectivity index (χ3v) is 5.10. The minimum Gasteiger partial charge on any atom is -0.338 e. The van der Waals surface area contributed by atoms with Crippen LogP contribution >= 0.6 is 0 Å². The maximum Gasteiger partial charge on any atom is 0.278 e. The summed E-state index contributed by atoms with van der Waals surface area (Å²) >= 11 is 0. The van der Waals surface area contributed by atoms with Gasteiger partial charge in [-0.05, 0) is 23.6 Å². The van der Waals surface area contributed by atoms with E-state index in [2.05, 4.69) is 10.1 Å². The molecule has 25 heavy (non-hydrogen) atoms. The Hall–Kier alpha value is -2.92. The lowest BCUT2D eigenvalue weighted by Crippen LogP contribution is -2.22. The molecule has 3 aromatic rings. The third kappa shape index (κ3) is 2.83. The molecular weight excluding hydrogens is 340 g/mol. The van der Waals surface area contributed by atoms with Crippen LogP contribution in [0.3, 0.4) is 0 Å². The van der Waals surface area contributed by atoms with Crippen molar-refractivity contribution in [2.75, 3.05) is 6.26 Å². The number of nitriles is 1. The summed E-state index contributed by atoms with van der Waals surface area (Å²) in [7, 11) is -3.30. The lowest BCUT2D eigenvalue weighted by Gasteiger charge is -2.13. The van der Waals surface area contributed by atoms with Crippen LogP contribution in [0.4, 0.5) is 0 Å². The van der Waals surface area contributed by atoms with Crippen molar-refractivity contribution in [3.63, 3.8) is 0 Å². The van der Waals surface area contributed by atoms with Crippen molar-refractivity contribution in [3.8, 4) is 17.3 Å². The molecule has 7 nitrogen and oxygen atoms in total. The minimum absolute atomic E-state index is 0.0903. The van der Waals surface area contributed by atoms with Gasteiger partial charge >= 0.3 is 0 Å². The zero-order chi connectivity index (χ0) is 18.4. The Labute approximate surface area is 144 Å². The van der Waals surface area contributed by atoms with E-state index in [1.807, 2.05) is 19.9 Å². The summed E-state index contributed by atoms with van der Waals surface area (Å²) in [5.41, 5.74) is 2.03. The topological polar surface area (TPSA) is 108 Å². The molecule has 0 aliphatic carbocycles. The Morgan fingerprint density at radius 1 is 1.24 bits per heavy atom. The van der Waals surface area contributed by atoms with Crippen molar-refractivity contribution in [1.29, 1.82) is 5.26 Å². The van der Waals surface area contributed by atoms with E-state index in [0.29, 0.717) is 22.5 Å². The number of benzene rings is 1. The molecular formula is C17H16N4O3S. The zero-order valence-corrected chi connectivity index (χ0v) is 14.8. The van der Waals surface area contributed by atoms with Crippen molar-refractivity contribution in [2.45, 2.75) is 24.7 Å². The summed E-state index contributed by atoms with van der Waals surface area (Å²) in [4.78, 5) is 16.1. The van der Waals surface area contributed by atoms with Gasteiger partial charge in [0.05, 0.1) is 16.8 Å². The van der Waals surface area contributed by atoms with Gasteiger partial charge in [-0.25, -0.2) is 8.42 Å². The van der Waals surface area contributed by atoms with E-state index in [1.165, 1.54) is 22.8 Å². The molecule has 0 spiro atoms. The van der Waals surface area contributed by atoms with Crippen molar-refractivity contribution < 1.29 is 8.42 Å².